The van der Waals surface area contributed by atoms with Gasteiger partial charge in [-0.15, -0.1) is 0 Å². The fraction of sp³-hybridized carbons (Fsp3) is 0.0645. The molecule has 1 atom stereocenters. The zero-order valence-corrected chi connectivity index (χ0v) is 18.5. The van der Waals surface area contributed by atoms with Crippen molar-refractivity contribution in [1.82, 2.24) is 15.0 Å². The van der Waals surface area contributed by atoms with Crippen molar-refractivity contribution >= 4 is 28.5 Å². The summed E-state index contributed by atoms with van der Waals surface area (Å²) < 4.78 is 0. The molecule has 2 aliphatic rings. The van der Waals surface area contributed by atoms with E-state index in [0.717, 1.165) is 28.9 Å². The highest BCUT2D eigenvalue weighted by molar-refractivity contribution is 5.93. The fourth-order valence-electron chi connectivity index (χ4n) is 5.25. The highest BCUT2D eigenvalue weighted by Crippen LogP contribution is 2.39. The van der Waals surface area contributed by atoms with E-state index in [4.69, 9.17) is 15.0 Å². The summed E-state index contributed by atoms with van der Waals surface area (Å²) >= 11 is 0. The first-order valence-electron chi connectivity index (χ1n) is 11.7. The smallest absolute Gasteiger partial charge is 0.164 e. The number of aromatic nitrogens is 3. The molecular formula is C31H21N3. The second-order valence-electron chi connectivity index (χ2n) is 8.83. The fourth-order valence-corrected chi connectivity index (χ4v) is 5.25. The first kappa shape index (κ1) is 19.1. The van der Waals surface area contributed by atoms with Gasteiger partial charge < -0.3 is 0 Å². The maximum absolute atomic E-state index is 5.00. The molecule has 3 nitrogen and oxygen atoms in total. The number of hydrogen-bond donors (Lipinski definition) is 0. The van der Waals surface area contributed by atoms with E-state index in [-0.39, 0.29) is 5.92 Å². The van der Waals surface area contributed by atoms with Gasteiger partial charge in [-0.2, -0.15) is 0 Å². The van der Waals surface area contributed by atoms with Gasteiger partial charge in [-0.05, 0) is 33.2 Å². The Balaban J connectivity index is 1.45. The van der Waals surface area contributed by atoms with Crippen LogP contribution in [0.2, 0.25) is 0 Å². The van der Waals surface area contributed by atoms with Gasteiger partial charge in [-0.25, -0.2) is 15.0 Å². The van der Waals surface area contributed by atoms with Crippen LogP contribution in [0.3, 0.4) is 0 Å². The molecule has 0 fully saturated rings. The Morgan fingerprint density at radius 1 is 0.559 bits per heavy atom. The third-order valence-corrected chi connectivity index (χ3v) is 6.85. The molecule has 0 radical (unpaired) electrons. The van der Waals surface area contributed by atoms with Crippen LogP contribution in [-0.2, 0) is 0 Å². The standard InChI is InChI=1S/C31H21N3/c1-3-8-23(9-4-1)29-32-30(24-10-5-2-6-11-24)34-31(33-29)26-19-17-22-15-14-20-12-7-13-21-16-18-25(26)28(22)27(20)21/h1-17,19,25H,18H2. The van der Waals surface area contributed by atoms with Crippen LogP contribution in [0.25, 0.3) is 51.3 Å². The number of benzene rings is 4. The molecule has 0 spiro atoms. The largest absolute Gasteiger partial charge is 0.208 e. The minimum absolute atomic E-state index is 0.230. The second-order valence-corrected chi connectivity index (χ2v) is 8.83. The Morgan fingerprint density at radius 2 is 1.24 bits per heavy atom. The third kappa shape index (κ3) is 3.01. The summed E-state index contributed by atoms with van der Waals surface area (Å²) in [6.07, 6.45) is 7.73. The van der Waals surface area contributed by atoms with Gasteiger partial charge in [0.05, 0.1) is 0 Å². The molecular weight excluding hydrogens is 414 g/mol. The number of nitrogens with zero attached hydrogens (tertiary/aromatic N) is 3. The predicted molar refractivity (Wildman–Crippen MR) is 138 cm³/mol. The van der Waals surface area contributed by atoms with Crippen molar-refractivity contribution in [2.75, 3.05) is 0 Å². The molecule has 7 rings (SSSR count). The van der Waals surface area contributed by atoms with Gasteiger partial charge in [0.15, 0.2) is 17.5 Å². The van der Waals surface area contributed by atoms with Crippen molar-refractivity contribution in [3.8, 4) is 22.8 Å². The zero-order valence-electron chi connectivity index (χ0n) is 18.5. The summed E-state index contributed by atoms with van der Waals surface area (Å²) in [6.45, 7) is 0. The van der Waals surface area contributed by atoms with E-state index in [0.29, 0.717) is 11.6 Å². The molecule has 1 aromatic heterocycles. The molecule has 160 valence electrons. The van der Waals surface area contributed by atoms with E-state index in [9.17, 15) is 0 Å². The SMILES string of the molecule is C1=C(c2nc(-c3ccccc3)nc(-c3ccccc3)n2)C2CC=c3cccc4ccc(c2c34)=C1. The Morgan fingerprint density at radius 3 is 1.94 bits per heavy atom. The van der Waals surface area contributed by atoms with Crippen LogP contribution >= 0.6 is 0 Å². The van der Waals surface area contributed by atoms with Crippen LogP contribution in [0.1, 0.15) is 23.7 Å². The summed E-state index contributed by atoms with van der Waals surface area (Å²) in [7, 11) is 0. The zero-order chi connectivity index (χ0) is 22.5. The lowest BCUT2D eigenvalue weighted by atomic mass is 9.77. The molecule has 0 amide bonds. The van der Waals surface area contributed by atoms with Gasteiger partial charge in [0, 0.05) is 22.6 Å². The molecule has 1 heterocycles. The third-order valence-electron chi connectivity index (χ3n) is 6.85. The Labute approximate surface area is 197 Å². The van der Waals surface area contributed by atoms with E-state index in [1.807, 2.05) is 36.4 Å². The molecule has 0 aliphatic heterocycles. The number of allylic oxidation sites excluding steroid dienone is 2. The van der Waals surface area contributed by atoms with Crippen LogP contribution in [0.5, 0.6) is 0 Å². The minimum atomic E-state index is 0.230. The molecule has 3 heteroatoms. The van der Waals surface area contributed by atoms with Gasteiger partial charge in [0.2, 0.25) is 0 Å². The maximum atomic E-state index is 5.00. The number of rotatable bonds is 3. The molecule has 2 aliphatic carbocycles. The predicted octanol–water partition coefficient (Wildman–Crippen LogP) is 5.50. The van der Waals surface area contributed by atoms with E-state index in [1.165, 1.54) is 26.8 Å². The van der Waals surface area contributed by atoms with Crippen LogP contribution in [0, 0.1) is 0 Å². The lowest BCUT2D eigenvalue weighted by molar-refractivity contribution is 0.873. The van der Waals surface area contributed by atoms with Gasteiger partial charge in [0.25, 0.3) is 0 Å². The van der Waals surface area contributed by atoms with E-state index in [2.05, 4.69) is 72.8 Å². The summed E-state index contributed by atoms with van der Waals surface area (Å²) in [6, 6.07) is 31.4. The highest BCUT2D eigenvalue weighted by atomic mass is 15.0. The van der Waals surface area contributed by atoms with Gasteiger partial charge >= 0.3 is 0 Å². The summed E-state index contributed by atoms with van der Waals surface area (Å²) in [5.74, 6) is 2.39. The molecule has 0 saturated heterocycles. The van der Waals surface area contributed by atoms with Crippen LogP contribution in [-0.4, -0.2) is 15.0 Å². The lowest BCUT2D eigenvalue weighted by Crippen LogP contribution is -2.25. The molecule has 5 aromatic rings. The first-order chi connectivity index (χ1) is 16.8. The van der Waals surface area contributed by atoms with Crippen molar-refractivity contribution in [1.29, 1.82) is 0 Å². The quantitative estimate of drug-likeness (QED) is 0.375. The Kier molecular flexibility index (Phi) is 4.28. The van der Waals surface area contributed by atoms with E-state index in [1.54, 1.807) is 0 Å². The molecule has 4 aromatic carbocycles. The maximum Gasteiger partial charge on any atom is 0.164 e. The van der Waals surface area contributed by atoms with Crippen molar-refractivity contribution < 1.29 is 0 Å². The van der Waals surface area contributed by atoms with E-state index < -0.39 is 0 Å². The van der Waals surface area contributed by atoms with Crippen molar-refractivity contribution in [2.24, 2.45) is 0 Å². The summed E-state index contributed by atoms with van der Waals surface area (Å²) in [5.41, 5.74) is 4.54. The highest BCUT2D eigenvalue weighted by Gasteiger charge is 2.28. The molecule has 34 heavy (non-hydrogen) atoms. The minimum Gasteiger partial charge on any atom is -0.208 e. The van der Waals surface area contributed by atoms with Crippen LogP contribution < -0.4 is 10.4 Å². The monoisotopic (exact) mass is 435 g/mol. The second kappa shape index (κ2) is 7.60. The van der Waals surface area contributed by atoms with Crippen LogP contribution in [0.15, 0.2) is 97.1 Å². The van der Waals surface area contributed by atoms with Crippen molar-refractivity contribution in [3.63, 3.8) is 0 Å². The normalized spacial score (nSPS) is 15.9. The Bertz CT molecular complexity index is 1660. The molecule has 0 N–H and O–H groups in total. The lowest BCUT2D eigenvalue weighted by Gasteiger charge is -2.27. The average Bonchev–Trinajstić information content (AvgIpc) is 2.92. The first-order valence-corrected chi connectivity index (χ1v) is 11.7. The van der Waals surface area contributed by atoms with Crippen molar-refractivity contribution in [2.45, 2.75) is 12.3 Å². The topological polar surface area (TPSA) is 38.7 Å². The average molecular weight is 436 g/mol. The Hall–Kier alpha value is -4.37. The van der Waals surface area contributed by atoms with Crippen molar-refractivity contribution in [3.05, 3.63) is 119 Å². The van der Waals surface area contributed by atoms with Gasteiger partial charge in [0.1, 0.15) is 0 Å². The van der Waals surface area contributed by atoms with Gasteiger partial charge in [-0.1, -0.05) is 109 Å². The number of hydrogen-bond acceptors (Lipinski definition) is 3. The molecule has 1 unspecified atom stereocenters. The summed E-state index contributed by atoms with van der Waals surface area (Å²) in [4.78, 5) is 14.9. The van der Waals surface area contributed by atoms with Crippen LogP contribution in [0.4, 0.5) is 0 Å². The molecule has 0 saturated carbocycles. The summed E-state index contributed by atoms with van der Waals surface area (Å²) in [5, 5.41) is 5.27. The van der Waals surface area contributed by atoms with E-state index >= 15 is 0 Å². The van der Waals surface area contributed by atoms with Gasteiger partial charge in [-0.3, -0.25) is 0 Å². The molecule has 0 bridgehead atoms.